The first kappa shape index (κ1) is 24.7. The fourth-order valence-electron chi connectivity index (χ4n) is 4.73. The van der Waals surface area contributed by atoms with Crippen molar-refractivity contribution in [2.75, 3.05) is 5.32 Å². The van der Waals surface area contributed by atoms with Gasteiger partial charge in [-0.2, -0.15) is 0 Å². The number of amides is 1. The minimum Gasteiger partial charge on any atom is -0.457 e. The second-order valence-electron chi connectivity index (χ2n) is 9.83. The van der Waals surface area contributed by atoms with E-state index in [1.807, 2.05) is 99.6 Å². The van der Waals surface area contributed by atoms with Gasteiger partial charge in [0.15, 0.2) is 0 Å². The molecule has 6 rings (SSSR count). The Kier molecular flexibility index (Phi) is 6.28. The molecule has 1 amide bonds. The molecule has 4 heterocycles. The summed E-state index contributed by atoms with van der Waals surface area (Å²) in [5.41, 5.74) is 4.83. The number of para-hydroxylation sites is 1. The van der Waals surface area contributed by atoms with Crippen molar-refractivity contribution >= 4 is 22.4 Å². The van der Waals surface area contributed by atoms with E-state index in [9.17, 15) is 4.79 Å². The molecule has 194 valence electrons. The Labute approximate surface area is 229 Å². The Morgan fingerprint density at radius 2 is 1.59 bits per heavy atom. The molecule has 0 saturated carbocycles. The quantitative estimate of drug-likeness (QED) is 0.250. The third-order valence-corrected chi connectivity index (χ3v) is 7.36. The minimum atomic E-state index is -0.879. The molecule has 5 aromatic rings. The van der Waals surface area contributed by atoms with Gasteiger partial charge in [-0.3, -0.25) is 4.79 Å². The van der Waals surface area contributed by atoms with Gasteiger partial charge in [0, 0.05) is 28.3 Å². The van der Waals surface area contributed by atoms with Crippen LogP contribution in [0.1, 0.15) is 36.6 Å². The van der Waals surface area contributed by atoms with Crippen LogP contribution in [0.25, 0.3) is 11.3 Å². The highest BCUT2D eigenvalue weighted by molar-refractivity contribution is 7.13. The molecule has 0 spiro atoms. The predicted molar refractivity (Wildman–Crippen MR) is 149 cm³/mol. The zero-order chi connectivity index (χ0) is 27.0. The van der Waals surface area contributed by atoms with E-state index in [1.54, 1.807) is 5.51 Å². The van der Waals surface area contributed by atoms with E-state index in [-0.39, 0.29) is 11.8 Å². The summed E-state index contributed by atoms with van der Waals surface area (Å²) in [5, 5.41) is 11.1. The van der Waals surface area contributed by atoms with Crippen molar-refractivity contribution < 1.29 is 14.3 Å². The second kappa shape index (κ2) is 9.92. The smallest absolute Gasteiger partial charge is 0.232 e. The summed E-state index contributed by atoms with van der Waals surface area (Å²) >= 11 is 1.28. The van der Waals surface area contributed by atoms with Gasteiger partial charge in [-0.25, -0.2) is 9.97 Å². The number of carbonyl (C=O) groups excluding carboxylic acids is 1. The van der Waals surface area contributed by atoms with E-state index in [1.165, 1.54) is 11.3 Å². The Hall–Kier alpha value is -4.63. The summed E-state index contributed by atoms with van der Waals surface area (Å²) in [5.74, 6) is 1.87. The van der Waals surface area contributed by atoms with E-state index < -0.39 is 5.41 Å². The van der Waals surface area contributed by atoms with Gasteiger partial charge in [-0.15, -0.1) is 10.2 Å². The minimum absolute atomic E-state index is 0.179. The number of benzene rings is 2. The number of fused-ring (bicyclic) bond motifs is 2. The van der Waals surface area contributed by atoms with E-state index >= 15 is 0 Å². The van der Waals surface area contributed by atoms with Gasteiger partial charge in [0.2, 0.25) is 22.8 Å². The van der Waals surface area contributed by atoms with Crippen LogP contribution < -0.4 is 14.8 Å². The van der Waals surface area contributed by atoms with Crippen molar-refractivity contribution in [3.05, 3.63) is 101 Å². The van der Waals surface area contributed by atoms with E-state index in [4.69, 9.17) is 14.5 Å². The lowest BCUT2D eigenvalue weighted by molar-refractivity contribution is -0.124. The first-order chi connectivity index (χ1) is 18.9. The molecule has 1 aliphatic heterocycles. The standard InChI is InChI=1S/C30H25N5O3S/c1-18-9-14-22-25(30(2,3)28(36)34-29-35-31-17-39-29)23-15-16-24(33-27(23)38-26(22)32-18)19-10-12-21(13-11-19)37-20-7-5-4-6-8-20/h4-17,25H,1-3H3,(H,34,35,36)/t25-/m0/s1. The first-order valence-corrected chi connectivity index (χ1v) is 13.3. The molecule has 3 aromatic heterocycles. The number of aromatic nitrogens is 4. The van der Waals surface area contributed by atoms with Gasteiger partial charge < -0.3 is 14.8 Å². The Balaban J connectivity index is 1.34. The van der Waals surface area contributed by atoms with E-state index in [2.05, 4.69) is 20.5 Å². The molecule has 0 saturated heterocycles. The molecular formula is C30H25N5O3S. The summed E-state index contributed by atoms with van der Waals surface area (Å²) in [6.07, 6.45) is 0. The van der Waals surface area contributed by atoms with Gasteiger partial charge >= 0.3 is 0 Å². The van der Waals surface area contributed by atoms with Gasteiger partial charge in [0.05, 0.1) is 11.1 Å². The fraction of sp³-hybridized carbons (Fsp3) is 0.167. The molecule has 0 radical (unpaired) electrons. The Morgan fingerprint density at radius 3 is 2.31 bits per heavy atom. The van der Waals surface area contributed by atoms with Crippen molar-refractivity contribution in [3.63, 3.8) is 0 Å². The van der Waals surface area contributed by atoms with Crippen LogP contribution in [0.3, 0.4) is 0 Å². The van der Waals surface area contributed by atoms with Crippen LogP contribution >= 0.6 is 11.3 Å². The van der Waals surface area contributed by atoms with Crippen LogP contribution in [0.4, 0.5) is 5.13 Å². The van der Waals surface area contributed by atoms with Crippen molar-refractivity contribution in [1.82, 2.24) is 20.2 Å². The SMILES string of the molecule is Cc1ccc2c(n1)Oc1nc(-c3ccc(Oc4ccccc4)cc3)ccc1[C@H]2C(C)(C)C(=O)Nc1nncs1. The van der Waals surface area contributed by atoms with Gasteiger partial charge in [-0.1, -0.05) is 55.5 Å². The summed E-state index contributed by atoms with van der Waals surface area (Å²) in [7, 11) is 0. The first-order valence-electron chi connectivity index (χ1n) is 12.5. The molecule has 39 heavy (non-hydrogen) atoms. The normalized spacial score (nSPS) is 14.1. The molecular weight excluding hydrogens is 510 g/mol. The maximum Gasteiger partial charge on any atom is 0.232 e. The maximum atomic E-state index is 13.5. The lowest BCUT2D eigenvalue weighted by Gasteiger charge is -2.37. The van der Waals surface area contributed by atoms with E-state index in [0.29, 0.717) is 16.9 Å². The Bertz CT molecular complexity index is 1640. The molecule has 1 aliphatic rings. The number of anilines is 1. The molecule has 1 N–H and O–H groups in total. The van der Waals surface area contributed by atoms with Gasteiger partial charge in [-0.05, 0) is 55.5 Å². The van der Waals surface area contributed by atoms with Crippen molar-refractivity contribution in [1.29, 1.82) is 0 Å². The topological polar surface area (TPSA) is 99.1 Å². The highest BCUT2D eigenvalue weighted by Crippen LogP contribution is 2.51. The summed E-state index contributed by atoms with van der Waals surface area (Å²) in [6.45, 7) is 5.72. The monoisotopic (exact) mass is 535 g/mol. The molecule has 1 atom stereocenters. The number of aryl methyl sites for hydroxylation is 1. The lowest BCUT2D eigenvalue weighted by atomic mass is 9.70. The molecule has 9 heteroatoms. The third-order valence-electron chi connectivity index (χ3n) is 6.75. The average molecular weight is 536 g/mol. The number of nitrogens with one attached hydrogen (secondary N) is 1. The van der Waals surface area contributed by atoms with Crippen LogP contribution in [-0.4, -0.2) is 26.1 Å². The van der Waals surface area contributed by atoms with Crippen LogP contribution in [0.2, 0.25) is 0 Å². The number of nitrogens with zero attached hydrogens (tertiary/aromatic N) is 4. The van der Waals surface area contributed by atoms with Crippen molar-refractivity contribution in [2.24, 2.45) is 5.41 Å². The average Bonchev–Trinajstić information content (AvgIpc) is 3.45. The number of hydrogen-bond donors (Lipinski definition) is 1. The van der Waals surface area contributed by atoms with Gasteiger partial charge in [0.1, 0.15) is 17.0 Å². The highest BCUT2D eigenvalue weighted by Gasteiger charge is 2.45. The fourth-order valence-corrected chi connectivity index (χ4v) is 5.17. The molecule has 0 unspecified atom stereocenters. The van der Waals surface area contributed by atoms with Crippen LogP contribution in [-0.2, 0) is 4.79 Å². The summed E-state index contributed by atoms with van der Waals surface area (Å²) in [6, 6.07) is 25.2. The van der Waals surface area contributed by atoms with Crippen LogP contribution in [0.5, 0.6) is 23.3 Å². The van der Waals surface area contributed by atoms with E-state index in [0.717, 1.165) is 39.6 Å². The zero-order valence-electron chi connectivity index (χ0n) is 21.6. The molecule has 0 aliphatic carbocycles. The maximum absolute atomic E-state index is 13.5. The number of carbonyl (C=O) groups is 1. The molecule has 8 nitrogen and oxygen atoms in total. The van der Waals surface area contributed by atoms with Crippen molar-refractivity contribution in [3.8, 4) is 34.5 Å². The zero-order valence-corrected chi connectivity index (χ0v) is 22.4. The molecule has 0 fully saturated rings. The number of pyridine rings is 2. The number of hydrogen-bond acceptors (Lipinski definition) is 8. The van der Waals surface area contributed by atoms with Crippen LogP contribution in [0.15, 0.2) is 84.4 Å². The largest absolute Gasteiger partial charge is 0.457 e. The van der Waals surface area contributed by atoms with Gasteiger partial charge in [0.25, 0.3) is 0 Å². The second-order valence-corrected chi connectivity index (χ2v) is 10.7. The number of rotatable bonds is 6. The summed E-state index contributed by atoms with van der Waals surface area (Å²) < 4.78 is 12.2. The predicted octanol–water partition coefficient (Wildman–Crippen LogP) is 7.00. The molecule has 2 aromatic carbocycles. The highest BCUT2D eigenvalue weighted by atomic mass is 32.1. The number of ether oxygens (including phenoxy) is 2. The summed E-state index contributed by atoms with van der Waals surface area (Å²) in [4.78, 5) is 23.0. The lowest BCUT2D eigenvalue weighted by Crippen LogP contribution is -2.38. The molecule has 0 bridgehead atoms. The third kappa shape index (κ3) is 4.84. The van der Waals surface area contributed by atoms with Crippen molar-refractivity contribution in [2.45, 2.75) is 26.7 Å². The Morgan fingerprint density at radius 1 is 0.897 bits per heavy atom. The van der Waals surface area contributed by atoms with Crippen LogP contribution in [0, 0.1) is 12.3 Å².